The van der Waals surface area contributed by atoms with E-state index in [1.54, 1.807) is 45.8 Å². The number of carbonyl (C=O) groups is 1. The first kappa shape index (κ1) is 28.9. The molecule has 5 heterocycles. The molecule has 1 saturated heterocycles. The topological polar surface area (TPSA) is 95.1 Å². The first-order valence-corrected chi connectivity index (χ1v) is 15.1. The number of carboxylic acids is 1. The second kappa shape index (κ2) is 11.4. The van der Waals surface area contributed by atoms with Crippen LogP contribution < -0.4 is 0 Å². The van der Waals surface area contributed by atoms with Gasteiger partial charge in [0.05, 0.1) is 47.0 Å². The van der Waals surface area contributed by atoms with Gasteiger partial charge in [-0.05, 0) is 67.1 Å². The van der Waals surface area contributed by atoms with Gasteiger partial charge in [0.1, 0.15) is 28.9 Å². The van der Waals surface area contributed by atoms with Crippen LogP contribution in [-0.4, -0.2) is 47.9 Å². The van der Waals surface area contributed by atoms with Crippen LogP contribution in [0.2, 0.25) is 0 Å². The van der Waals surface area contributed by atoms with Crippen LogP contribution >= 0.6 is 0 Å². The third-order valence-electron chi connectivity index (χ3n) is 8.75. The Bertz CT molecular complexity index is 2340. The molecule has 4 aromatic heterocycles. The van der Waals surface area contributed by atoms with Crippen LogP contribution in [0.5, 0.6) is 0 Å². The quantitative estimate of drug-likeness (QED) is 0.191. The molecule has 8 rings (SSSR count). The van der Waals surface area contributed by atoms with Gasteiger partial charge in [-0.15, -0.1) is 0 Å². The third kappa shape index (κ3) is 5.28. The van der Waals surface area contributed by atoms with E-state index in [-0.39, 0.29) is 41.6 Å². The molecule has 47 heavy (non-hydrogen) atoms. The summed E-state index contributed by atoms with van der Waals surface area (Å²) in [5.41, 5.74) is 3.22. The summed E-state index contributed by atoms with van der Waals surface area (Å²) >= 11 is 0. The molecule has 1 aliphatic rings. The van der Waals surface area contributed by atoms with E-state index in [0.717, 1.165) is 17.2 Å². The van der Waals surface area contributed by atoms with E-state index in [0.29, 0.717) is 52.4 Å². The second-order valence-electron chi connectivity index (χ2n) is 11.7. The van der Waals surface area contributed by atoms with E-state index in [1.807, 2.05) is 18.2 Å². The number of aromatic nitrogens is 5. The van der Waals surface area contributed by atoms with Crippen LogP contribution in [0.15, 0.2) is 85.2 Å². The number of imidazole rings is 1. The number of halogens is 3. The maximum atomic E-state index is 15.7. The van der Waals surface area contributed by atoms with Gasteiger partial charge in [-0.3, -0.25) is 4.98 Å². The molecule has 7 aromatic rings. The monoisotopic (exact) mass is 633 g/mol. The predicted octanol–water partition coefficient (Wildman–Crippen LogP) is 7.14. The fourth-order valence-corrected chi connectivity index (χ4v) is 6.15. The number of benzene rings is 3. The summed E-state index contributed by atoms with van der Waals surface area (Å²) in [6.07, 6.45) is 4.00. The summed E-state index contributed by atoms with van der Waals surface area (Å²) < 4.78 is 55.6. The second-order valence-corrected chi connectivity index (χ2v) is 11.7. The minimum Gasteiger partial charge on any atom is -0.478 e. The summed E-state index contributed by atoms with van der Waals surface area (Å²) in [5.74, 6) is -2.57. The minimum absolute atomic E-state index is 0.0913. The first-order chi connectivity index (χ1) is 22.8. The highest BCUT2D eigenvalue weighted by atomic mass is 19.1. The Kier molecular flexibility index (Phi) is 6.98. The molecule has 1 aliphatic heterocycles. The van der Waals surface area contributed by atoms with E-state index in [9.17, 15) is 14.3 Å². The average Bonchev–Trinajstić information content (AvgIpc) is 3.60. The summed E-state index contributed by atoms with van der Waals surface area (Å²) in [5, 5.41) is 11.1. The zero-order valence-corrected chi connectivity index (χ0v) is 24.8. The average molecular weight is 634 g/mol. The van der Waals surface area contributed by atoms with Gasteiger partial charge in [0.25, 0.3) is 0 Å². The van der Waals surface area contributed by atoms with Gasteiger partial charge in [-0.2, -0.15) is 0 Å². The molecule has 0 amide bonds. The lowest BCUT2D eigenvalue weighted by atomic mass is 10.0. The normalized spacial score (nSPS) is 14.7. The van der Waals surface area contributed by atoms with E-state index in [4.69, 9.17) is 9.72 Å². The SMILES string of the molecule is O=C(O)c1ccc2nc(Cc3c(F)cc(-c4ccc5ccn(Cc6cc7cccnc7cc6F)c5n4)cc3F)n(C[C@@H]3CCO3)c2c1. The fraction of sp³-hybridized carbons (Fsp3) is 0.167. The molecule has 1 atom stereocenters. The summed E-state index contributed by atoms with van der Waals surface area (Å²) in [6, 6.07) is 19.3. The standard InChI is InChI=1S/C36H26F3N5O3/c37-27-17-32-21(2-1-9-40-32)12-24(27)18-43-10-7-20-3-5-30(42-35(20)43)23-13-28(38)26(29(39)14-23)16-34-41-31-6-4-22(36(45)46)15-33(31)44(34)19-25-8-11-47-25/h1-7,9-10,12-15,17,25H,8,11,16,18-19H2,(H,45,46)/t25-/m0/s1. The lowest BCUT2D eigenvalue weighted by Gasteiger charge is -2.27. The van der Waals surface area contributed by atoms with Crippen molar-refractivity contribution in [3.8, 4) is 11.3 Å². The largest absolute Gasteiger partial charge is 0.478 e. The van der Waals surface area contributed by atoms with Crippen molar-refractivity contribution in [2.75, 3.05) is 6.61 Å². The lowest BCUT2D eigenvalue weighted by Crippen LogP contribution is -2.31. The Labute approximate surface area is 265 Å². The molecule has 0 saturated carbocycles. The Morgan fingerprint density at radius 1 is 0.915 bits per heavy atom. The molecule has 1 N–H and O–H groups in total. The summed E-state index contributed by atoms with van der Waals surface area (Å²) in [7, 11) is 0. The molecule has 0 aliphatic carbocycles. The maximum Gasteiger partial charge on any atom is 0.335 e. The fourth-order valence-electron chi connectivity index (χ4n) is 6.15. The van der Waals surface area contributed by atoms with Gasteiger partial charge in [0, 0.05) is 59.0 Å². The van der Waals surface area contributed by atoms with E-state index in [2.05, 4.69) is 9.97 Å². The van der Waals surface area contributed by atoms with Gasteiger partial charge in [0.2, 0.25) is 0 Å². The Balaban J connectivity index is 1.12. The number of ether oxygens (including phenoxy) is 1. The maximum absolute atomic E-state index is 15.7. The molecular weight excluding hydrogens is 607 g/mol. The number of pyridine rings is 2. The molecule has 0 unspecified atom stereocenters. The molecule has 3 aromatic carbocycles. The molecular formula is C36H26F3N5O3. The Morgan fingerprint density at radius 3 is 2.51 bits per heavy atom. The van der Waals surface area contributed by atoms with Crippen molar-refractivity contribution in [1.82, 2.24) is 24.1 Å². The summed E-state index contributed by atoms with van der Waals surface area (Å²) in [6.45, 7) is 1.22. The third-order valence-corrected chi connectivity index (χ3v) is 8.75. The van der Waals surface area contributed by atoms with Crippen molar-refractivity contribution in [2.24, 2.45) is 0 Å². The Morgan fingerprint density at radius 2 is 1.74 bits per heavy atom. The van der Waals surface area contributed by atoms with Crippen molar-refractivity contribution < 1.29 is 27.8 Å². The molecule has 11 heteroatoms. The molecule has 234 valence electrons. The highest BCUT2D eigenvalue weighted by molar-refractivity contribution is 5.92. The van der Waals surface area contributed by atoms with Crippen LogP contribution in [0, 0.1) is 17.5 Å². The first-order valence-electron chi connectivity index (χ1n) is 15.1. The van der Waals surface area contributed by atoms with E-state index in [1.165, 1.54) is 30.3 Å². The number of nitrogens with zero attached hydrogens (tertiary/aromatic N) is 5. The minimum atomic E-state index is -1.08. The zero-order valence-electron chi connectivity index (χ0n) is 24.8. The van der Waals surface area contributed by atoms with Crippen molar-refractivity contribution in [3.63, 3.8) is 0 Å². The predicted molar refractivity (Wildman–Crippen MR) is 170 cm³/mol. The van der Waals surface area contributed by atoms with Crippen LogP contribution in [0.25, 0.3) is 44.2 Å². The van der Waals surface area contributed by atoms with Crippen molar-refractivity contribution >= 4 is 38.9 Å². The number of aromatic carboxylic acids is 1. The molecule has 0 radical (unpaired) electrons. The zero-order chi connectivity index (χ0) is 32.2. The van der Waals surface area contributed by atoms with Gasteiger partial charge in [-0.25, -0.2) is 27.9 Å². The molecule has 8 nitrogen and oxygen atoms in total. The van der Waals surface area contributed by atoms with Crippen molar-refractivity contribution in [3.05, 3.63) is 125 Å². The number of hydrogen-bond acceptors (Lipinski definition) is 5. The summed E-state index contributed by atoms with van der Waals surface area (Å²) in [4.78, 5) is 25.2. The van der Waals surface area contributed by atoms with Crippen LogP contribution in [0.3, 0.4) is 0 Å². The molecule has 1 fully saturated rings. The van der Waals surface area contributed by atoms with Crippen LogP contribution in [0.1, 0.15) is 33.7 Å². The highest BCUT2D eigenvalue weighted by Crippen LogP contribution is 2.30. The highest BCUT2D eigenvalue weighted by Gasteiger charge is 2.24. The van der Waals surface area contributed by atoms with Gasteiger partial charge >= 0.3 is 5.97 Å². The number of rotatable bonds is 8. The Hall–Kier alpha value is -5.55. The van der Waals surface area contributed by atoms with Gasteiger partial charge < -0.3 is 19.0 Å². The molecule has 0 bridgehead atoms. The number of carboxylic acid groups (broad SMARTS) is 1. The smallest absolute Gasteiger partial charge is 0.335 e. The number of fused-ring (bicyclic) bond motifs is 3. The lowest BCUT2D eigenvalue weighted by molar-refractivity contribution is -0.0589. The van der Waals surface area contributed by atoms with Crippen LogP contribution in [-0.2, 0) is 24.2 Å². The van der Waals surface area contributed by atoms with Crippen molar-refractivity contribution in [2.45, 2.75) is 32.0 Å². The number of hydrogen-bond donors (Lipinski definition) is 1. The van der Waals surface area contributed by atoms with E-state index >= 15 is 8.78 Å². The van der Waals surface area contributed by atoms with E-state index < -0.39 is 17.6 Å². The van der Waals surface area contributed by atoms with Crippen molar-refractivity contribution in [1.29, 1.82) is 0 Å². The van der Waals surface area contributed by atoms with Gasteiger partial charge in [-0.1, -0.05) is 6.07 Å². The van der Waals surface area contributed by atoms with Gasteiger partial charge in [0.15, 0.2) is 0 Å². The van der Waals surface area contributed by atoms with Crippen LogP contribution in [0.4, 0.5) is 13.2 Å². The molecule has 0 spiro atoms.